The molecule has 32 heavy (non-hydrogen) atoms. The molecule has 0 saturated carbocycles. The van der Waals surface area contributed by atoms with Gasteiger partial charge in [-0.05, 0) is 32.4 Å². The van der Waals surface area contributed by atoms with Gasteiger partial charge in [-0.15, -0.1) is 0 Å². The number of hydrogen-bond donors (Lipinski definition) is 2. The molecular weight excluding hydrogens is 410 g/mol. The summed E-state index contributed by atoms with van der Waals surface area (Å²) in [4.78, 5) is 25.2. The predicted molar refractivity (Wildman–Crippen MR) is 120 cm³/mol. The van der Waals surface area contributed by atoms with Gasteiger partial charge in [0.1, 0.15) is 11.2 Å². The van der Waals surface area contributed by atoms with E-state index in [9.17, 15) is 0 Å². The molecule has 0 aromatic carbocycles. The molecule has 0 aliphatic carbocycles. The van der Waals surface area contributed by atoms with Crippen molar-refractivity contribution in [2.24, 2.45) is 0 Å². The SMILES string of the molecule is COCCC1(n2cnc3c(-c4cnc(N)nc4)nc(N4CCOCC4)nc32)CCNCC1. The normalized spacial score (nSPS) is 18.8. The predicted octanol–water partition coefficient (Wildman–Crippen LogP) is 0.817. The summed E-state index contributed by atoms with van der Waals surface area (Å²) in [7, 11) is 1.75. The summed E-state index contributed by atoms with van der Waals surface area (Å²) in [6.07, 6.45) is 8.16. The van der Waals surface area contributed by atoms with Crippen LogP contribution in [-0.4, -0.2) is 82.6 Å². The van der Waals surface area contributed by atoms with E-state index in [0.717, 1.165) is 62.2 Å². The molecule has 0 atom stereocenters. The molecule has 3 N–H and O–H groups in total. The van der Waals surface area contributed by atoms with E-state index in [1.165, 1.54) is 0 Å². The number of methoxy groups -OCH3 is 1. The van der Waals surface area contributed by atoms with Crippen molar-refractivity contribution in [3.05, 3.63) is 18.7 Å². The van der Waals surface area contributed by atoms with E-state index in [-0.39, 0.29) is 11.5 Å². The highest BCUT2D eigenvalue weighted by atomic mass is 16.5. The molecule has 0 spiro atoms. The number of aromatic nitrogens is 6. The minimum Gasteiger partial charge on any atom is -0.385 e. The number of ether oxygens (including phenoxy) is 2. The molecule has 11 heteroatoms. The highest BCUT2D eigenvalue weighted by Crippen LogP contribution is 2.36. The minimum absolute atomic E-state index is 0.110. The van der Waals surface area contributed by atoms with Crippen molar-refractivity contribution in [1.82, 2.24) is 34.8 Å². The summed E-state index contributed by atoms with van der Waals surface area (Å²) in [5.41, 5.74) is 8.65. The maximum Gasteiger partial charge on any atom is 0.228 e. The highest BCUT2D eigenvalue weighted by Gasteiger charge is 2.36. The molecule has 11 nitrogen and oxygen atoms in total. The first-order valence-corrected chi connectivity index (χ1v) is 11.1. The quantitative estimate of drug-likeness (QED) is 0.569. The number of hydrogen-bond acceptors (Lipinski definition) is 10. The first-order valence-electron chi connectivity index (χ1n) is 11.1. The molecule has 0 bridgehead atoms. The molecule has 0 unspecified atom stereocenters. The van der Waals surface area contributed by atoms with Crippen LogP contribution >= 0.6 is 0 Å². The lowest BCUT2D eigenvalue weighted by Crippen LogP contribution is -2.45. The highest BCUT2D eigenvalue weighted by molar-refractivity contribution is 5.88. The average Bonchev–Trinajstić information content (AvgIpc) is 3.29. The molecule has 3 aromatic heterocycles. The fourth-order valence-electron chi connectivity index (χ4n) is 4.60. The molecule has 2 fully saturated rings. The Bertz CT molecular complexity index is 1060. The number of nitrogens with two attached hydrogens (primary N) is 1. The van der Waals surface area contributed by atoms with Crippen molar-refractivity contribution in [3.8, 4) is 11.3 Å². The summed E-state index contributed by atoms with van der Waals surface area (Å²) in [6, 6.07) is 0. The van der Waals surface area contributed by atoms with Crippen LogP contribution in [-0.2, 0) is 15.0 Å². The molecule has 5 rings (SSSR count). The van der Waals surface area contributed by atoms with Gasteiger partial charge in [0.2, 0.25) is 11.9 Å². The number of nitrogen functional groups attached to an aromatic ring is 1. The number of morpholine rings is 1. The minimum atomic E-state index is -0.110. The molecule has 2 aliphatic heterocycles. The Hall–Kier alpha value is -2.89. The number of fused-ring (bicyclic) bond motifs is 1. The Morgan fingerprint density at radius 2 is 1.88 bits per heavy atom. The molecule has 0 amide bonds. The summed E-state index contributed by atoms with van der Waals surface area (Å²) in [5.74, 6) is 0.899. The molecule has 5 heterocycles. The van der Waals surface area contributed by atoms with Crippen molar-refractivity contribution in [1.29, 1.82) is 0 Å². The number of nitrogens with zero attached hydrogens (tertiary/aromatic N) is 7. The Morgan fingerprint density at radius 3 is 2.59 bits per heavy atom. The van der Waals surface area contributed by atoms with E-state index in [2.05, 4.69) is 24.8 Å². The van der Waals surface area contributed by atoms with Crippen molar-refractivity contribution in [3.63, 3.8) is 0 Å². The van der Waals surface area contributed by atoms with Gasteiger partial charge < -0.3 is 30.0 Å². The third kappa shape index (κ3) is 3.87. The topological polar surface area (TPSA) is 129 Å². The largest absolute Gasteiger partial charge is 0.385 e. The van der Waals surface area contributed by atoms with Gasteiger partial charge in [0.25, 0.3) is 0 Å². The Morgan fingerprint density at radius 1 is 1.12 bits per heavy atom. The molecule has 2 aliphatic rings. The van der Waals surface area contributed by atoms with Crippen molar-refractivity contribution >= 4 is 23.1 Å². The van der Waals surface area contributed by atoms with Crippen molar-refractivity contribution in [2.75, 3.05) is 63.7 Å². The van der Waals surface area contributed by atoms with Crippen molar-refractivity contribution in [2.45, 2.75) is 24.8 Å². The first kappa shape index (κ1) is 21.0. The fraction of sp³-hybridized carbons (Fsp3) is 0.571. The van der Waals surface area contributed by atoms with Gasteiger partial charge in [0.05, 0.1) is 25.1 Å². The number of rotatable bonds is 6. The van der Waals surface area contributed by atoms with E-state index < -0.39 is 0 Å². The van der Waals surface area contributed by atoms with E-state index in [0.29, 0.717) is 31.5 Å². The van der Waals surface area contributed by atoms with Crippen LogP contribution in [0.25, 0.3) is 22.4 Å². The number of piperidine rings is 1. The third-order valence-corrected chi connectivity index (χ3v) is 6.44. The van der Waals surface area contributed by atoms with E-state index in [4.69, 9.17) is 30.2 Å². The van der Waals surface area contributed by atoms with Crippen LogP contribution in [0.15, 0.2) is 18.7 Å². The third-order valence-electron chi connectivity index (χ3n) is 6.44. The molecular formula is C21H29N9O2. The van der Waals surface area contributed by atoms with Gasteiger partial charge >= 0.3 is 0 Å². The zero-order valence-electron chi connectivity index (χ0n) is 18.3. The van der Waals surface area contributed by atoms with Gasteiger partial charge in [0.15, 0.2) is 5.65 Å². The summed E-state index contributed by atoms with van der Waals surface area (Å²) in [6.45, 7) is 5.38. The van der Waals surface area contributed by atoms with Crippen molar-refractivity contribution < 1.29 is 9.47 Å². The summed E-state index contributed by atoms with van der Waals surface area (Å²) < 4.78 is 13.2. The molecule has 0 radical (unpaired) electrons. The molecule has 170 valence electrons. The van der Waals surface area contributed by atoms with Crippen LogP contribution in [0.2, 0.25) is 0 Å². The Balaban J connectivity index is 1.68. The first-order chi connectivity index (χ1) is 15.7. The second kappa shape index (κ2) is 8.93. The zero-order chi connectivity index (χ0) is 22.0. The Labute approximate surface area is 186 Å². The second-order valence-electron chi connectivity index (χ2n) is 8.31. The Kier molecular flexibility index (Phi) is 5.85. The second-order valence-corrected chi connectivity index (χ2v) is 8.31. The van der Waals surface area contributed by atoms with Gasteiger partial charge in [-0.2, -0.15) is 4.98 Å². The van der Waals surface area contributed by atoms with Crippen LogP contribution in [0.3, 0.4) is 0 Å². The number of imidazole rings is 1. The van der Waals surface area contributed by atoms with Crippen LogP contribution in [0.5, 0.6) is 0 Å². The number of anilines is 2. The maximum atomic E-state index is 5.72. The molecule has 3 aromatic rings. The maximum absolute atomic E-state index is 5.72. The summed E-state index contributed by atoms with van der Waals surface area (Å²) >= 11 is 0. The zero-order valence-corrected chi connectivity index (χ0v) is 18.3. The standard InChI is InChI=1S/C21H29N9O2/c1-31-9-4-21(2-5-23-6-3-21)30-14-26-17-16(15-12-24-19(22)25-13-15)27-20(28-18(17)30)29-7-10-32-11-8-29/h12-14,23H,2-11H2,1H3,(H2,22,24,25). The van der Waals surface area contributed by atoms with Crippen LogP contribution in [0.1, 0.15) is 19.3 Å². The van der Waals surface area contributed by atoms with Crippen LogP contribution < -0.4 is 16.0 Å². The average molecular weight is 440 g/mol. The van der Waals surface area contributed by atoms with Gasteiger partial charge in [-0.25, -0.2) is 19.9 Å². The van der Waals surface area contributed by atoms with E-state index in [1.54, 1.807) is 19.5 Å². The molecule has 2 saturated heterocycles. The van der Waals surface area contributed by atoms with Gasteiger partial charge in [0, 0.05) is 44.8 Å². The van der Waals surface area contributed by atoms with Crippen LogP contribution in [0, 0.1) is 0 Å². The van der Waals surface area contributed by atoms with Gasteiger partial charge in [-0.1, -0.05) is 0 Å². The number of nitrogens with one attached hydrogen (secondary N) is 1. The lowest BCUT2D eigenvalue weighted by molar-refractivity contribution is 0.115. The van der Waals surface area contributed by atoms with E-state index >= 15 is 0 Å². The van der Waals surface area contributed by atoms with Gasteiger partial charge in [-0.3, -0.25) is 0 Å². The smallest absolute Gasteiger partial charge is 0.228 e. The fourth-order valence-corrected chi connectivity index (χ4v) is 4.60. The van der Waals surface area contributed by atoms with Crippen LogP contribution in [0.4, 0.5) is 11.9 Å². The summed E-state index contributed by atoms with van der Waals surface area (Å²) in [5, 5.41) is 3.47. The lowest BCUT2D eigenvalue weighted by atomic mass is 9.85. The monoisotopic (exact) mass is 439 g/mol. The lowest BCUT2D eigenvalue weighted by Gasteiger charge is -2.39. The van der Waals surface area contributed by atoms with E-state index in [1.807, 2.05) is 6.33 Å².